The summed E-state index contributed by atoms with van der Waals surface area (Å²) in [5.74, 6) is -0.899. The van der Waals surface area contributed by atoms with Crippen LogP contribution in [0.4, 0.5) is 0 Å². The van der Waals surface area contributed by atoms with Crippen LogP contribution in [0.2, 0.25) is 0 Å². The van der Waals surface area contributed by atoms with Crippen LogP contribution in [-0.4, -0.2) is 37.5 Å². The predicted molar refractivity (Wildman–Crippen MR) is 122 cm³/mol. The van der Waals surface area contributed by atoms with Gasteiger partial charge < -0.3 is 18.7 Å². The maximum absolute atomic E-state index is 13.4. The Kier molecular flexibility index (Phi) is 10.2. The van der Waals surface area contributed by atoms with Crippen molar-refractivity contribution in [3.63, 3.8) is 0 Å². The van der Waals surface area contributed by atoms with Crippen LogP contribution in [0.5, 0.6) is 5.75 Å². The molecule has 1 aromatic rings. The molecule has 0 radical (unpaired) electrons. The normalized spacial score (nSPS) is 13.1. The van der Waals surface area contributed by atoms with Crippen molar-refractivity contribution in [2.24, 2.45) is 0 Å². The van der Waals surface area contributed by atoms with Crippen LogP contribution in [0.3, 0.4) is 0 Å². The van der Waals surface area contributed by atoms with Crippen LogP contribution in [0.25, 0.3) is 0 Å². The molecule has 0 aromatic heterocycles. The highest BCUT2D eigenvalue weighted by Crippen LogP contribution is 2.56. The summed E-state index contributed by atoms with van der Waals surface area (Å²) >= 11 is 0. The quantitative estimate of drug-likeness (QED) is 0.326. The maximum atomic E-state index is 13.4. The minimum atomic E-state index is -4.07. The van der Waals surface area contributed by atoms with Crippen molar-refractivity contribution in [3.05, 3.63) is 28.8 Å². The third kappa shape index (κ3) is 8.29. The number of carboxylic acids is 1. The monoisotopic (exact) mass is 494 g/mol. The Morgan fingerprint density at radius 2 is 1.53 bits per heavy atom. The van der Waals surface area contributed by atoms with E-state index in [4.69, 9.17) is 22.6 Å². The molecule has 32 heavy (non-hydrogen) atoms. The van der Waals surface area contributed by atoms with E-state index in [1.54, 1.807) is 60.6 Å². The molecule has 0 spiro atoms. The molecule has 0 aliphatic rings. The van der Waals surface area contributed by atoms with Crippen molar-refractivity contribution in [1.82, 2.24) is 0 Å². The van der Waals surface area contributed by atoms with Crippen molar-refractivity contribution < 1.29 is 41.6 Å². The number of hydrogen-bond donors (Lipinski definition) is 1. The number of benzene rings is 1. The van der Waals surface area contributed by atoms with Gasteiger partial charge >= 0.3 is 21.4 Å². The smallest absolute Gasteiger partial charge is 0.481 e. The summed E-state index contributed by atoms with van der Waals surface area (Å²) in [5, 5.41) is 9.49. The predicted octanol–water partition coefficient (Wildman–Crippen LogP) is 6.07. The Morgan fingerprint density at radius 1 is 1.03 bits per heavy atom. The zero-order valence-electron chi connectivity index (χ0n) is 20.3. The van der Waals surface area contributed by atoms with Crippen LogP contribution < -0.4 is 4.52 Å². The molecule has 0 amide bonds. The van der Waals surface area contributed by atoms with Gasteiger partial charge in [0.1, 0.15) is 5.75 Å². The number of rotatable bonds is 13. The van der Waals surface area contributed by atoms with Crippen molar-refractivity contribution in [3.8, 4) is 5.75 Å². The standard InChI is InChI=1S/C21H36O9P2/c1-14(2)28-32(25,29-15(3)4)30-18-11-16(5)10-17(13-31(24,26-8)27-9)20(18)21(6,7)12-19(22)23/h10-11,14-15H,12-13H2,1-9H3,(H,22,23). The number of hydrogen-bond acceptors (Lipinski definition) is 8. The summed E-state index contributed by atoms with van der Waals surface area (Å²) in [5.41, 5.74) is 0.639. The first-order valence-corrected chi connectivity index (χ1v) is 13.5. The lowest BCUT2D eigenvalue weighted by Crippen LogP contribution is -2.25. The van der Waals surface area contributed by atoms with Gasteiger partial charge in [0.2, 0.25) is 0 Å². The van der Waals surface area contributed by atoms with Gasteiger partial charge in [-0.25, -0.2) is 4.57 Å². The first-order chi connectivity index (χ1) is 14.6. The second-order valence-corrected chi connectivity index (χ2v) is 12.5. The van der Waals surface area contributed by atoms with Gasteiger partial charge in [0.25, 0.3) is 0 Å². The van der Waals surface area contributed by atoms with Gasteiger partial charge in [-0.1, -0.05) is 19.9 Å². The number of phosphoric acid groups is 1. The number of phosphoric ester groups is 1. The Balaban J connectivity index is 3.77. The topological polar surface area (TPSA) is 118 Å². The molecule has 0 fully saturated rings. The molecule has 0 unspecified atom stereocenters. The van der Waals surface area contributed by atoms with Crippen molar-refractivity contribution in [2.75, 3.05) is 14.2 Å². The van der Waals surface area contributed by atoms with E-state index in [0.29, 0.717) is 16.7 Å². The summed E-state index contributed by atoms with van der Waals surface area (Å²) in [6.07, 6.45) is -1.30. The van der Waals surface area contributed by atoms with Crippen LogP contribution in [-0.2, 0) is 43.6 Å². The first-order valence-electron chi connectivity index (χ1n) is 10.3. The molecular formula is C21H36O9P2. The molecule has 184 valence electrons. The average molecular weight is 494 g/mol. The zero-order valence-corrected chi connectivity index (χ0v) is 22.1. The summed E-state index contributed by atoms with van der Waals surface area (Å²) < 4.78 is 53.5. The lowest BCUT2D eigenvalue weighted by molar-refractivity contribution is -0.138. The van der Waals surface area contributed by atoms with E-state index in [2.05, 4.69) is 0 Å². The fraction of sp³-hybridized carbons (Fsp3) is 0.667. The van der Waals surface area contributed by atoms with E-state index in [1.807, 2.05) is 0 Å². The second-order valence-electron chi connectivity index (χ2n) is 8.73. The molecule has 0 aliphatic heterocycles. The second kappa shape index (κ2) is 11.3. The van der Waals surface area contributed by atoms with Crippen LogP contribution in [0.1, 0.15) is 64.7 Å². The SMILES string of the molecule is COP(=O)(Cc1cc(C)cc(OP(=O)(OC(C)C)OC(C)C)c1C(C)(C)CC(=O)O)OC. The molecule has 0 atom stereocenters. The van der Waals surface area contributed by atoms with Gasteiger partial charge in [0, 0.05) is 25.2 Å². The third-order valence-corrected chi connectivity index (χ3v) is 8.03. The summed E-state index contributed by atoms with van der Waals surface area (Å²) in [7, 11) is -5.02. The number of aliphatic carboxylic acids is 1. The minimum absolute atomic E-state index is 0.128. The summed E-state index contributed by atoms with van der Waals surface area (Å²) in [6, 6.07) is 3.39. The summed E-state index contributed by atoms with van der Waals surface area (Å²) in [4.78, 5) is 11.6. The highest BCUT2D eigenvalue weighted by molar-refractivity contribution is 7.53. The van der Waals surface area contributed by atoms with Gasteiger partial charge in [-0.2, -0.15) is 0 Å². The number of carboxylic acid groups (broad SMARTS) is 1. The molecule has 1 aromatic carbocycles. The Morgan fingerprint density at radius 3 is 1.94 bits per heavy atom. The van der Waals surface area contributed by atoms with E-state index in [-0.39, 0.29) is 18.3 Å². The lowest BCUT2D eigenvalue weighted by Gasteiger charge is -2.31. The minimum Gasteiger partial charge on any atom is -0.481 e. The fourth-order valence-corrected chi connectivity index (χ4v) is 6.00. The van der Waals surface area contributed by atoms with E-state index in [1.165, 1.54) is 14.2 Å². The molecule has 1 rings (SSSR count). The van der Waals surface area contributed by atoms with Gasteiger partial charge in [0.15, 0.2) is 0 Å². The van der Waals surface area contributed by atoms with Gasteiger partial charge in [-0.15, -0.1) is 0 Å². The number of aryl methyl sites for hydroxylation is 1. The van der Waals surface area contributed by atoms with Crippen molar-refractivity contribution >= 4 is 21.4 Å². The first kappa shape index (κ1) is 28.8. The Hall–Kier alpha value is -1.21. The largest absolute Gasteiger partial charge is 0.530 e. The molecule has 9 nitrogen and oxygen atoms in total. The molecule has 1 N–H and O–H groups in total. The van der Waals surface area contributed by atoms with E-state index >= 15 is 0 Å². The third-order valence-electron chi connectivity index (χ3n) is 4.41. The van der Waals surface area contributed by atoms with Crippen molar-refractivity contribution in [2.45, 2.75) is 78.7 Å². The van der Waals surface area contributed by atoms with Crippen LogP contribution in [0, 0.1) is 6.92 Å². The highest BCUT2D eigenvalue weighted by Gasteiger charge is 2.38. The van der Waals surface area contributed by atoms with E-state index in [0.717, 1.165) is 0 Å². The molecule has 11 heteroatoms. The lowest BCUT2D eigenvalue weighted by atomic mass is 9.78. The Labute approximate surface area is 190 Å². The van der Waals surface area contributed by atoms with Gasteiger partial charge in [-0.05, 0) is 51.8 Å². The number of carbonyl (C=O) groups is 1. The Bertz CT molecular complexity index is 872. The van der Waals surface area contributed by atoms with Crippen LogP contribution >= 0.6 is 15.4 Å². The van der Waals surface area contributed by atoms with E-state index < -0.39 is 39.0 Å². The molecule has 0 saturated heterocycles. The summed E-state index contributed by atoms with van der Waals surface area (Å²) in [6.45, 7) is 12.0. The van der Waals surface area contributed by atoms with Gasteiger partial charge in [0.05, 0.1) is 24.8 Å². The zero-order chi connectivity index (χ0) is 24.9. The average Bonchev–Trinajstić information content (AvgIpc) is 2.57. The highest BCUT2D eigenvalue weighted by atomic mass is 31.2. The van der Waals surface area contributed by atoms with E-state index in [9.17, 15) is 19.0 Å². The fourth-order valence-electron chi connectivity index (χ4n) is 3.37. The van der Waals surface area contributed by atoms with Gasteiger partial charge in [-0.3, -0.25) is 18.4 Å². The molecule has 0 bridgehead atoms. The van der Waals surface area contributed by atoms with Crippen molar-refractivity contribution in [1.29, 1.82) is 0 Å². The molecule has 0 aliphatic carbocycles. The van der Waals surface area contributed by atoms with Crippen LogP contribution in [0.15, 0.2) is 12.1 Å². The molecule has 0 heterocycles. The molecular weight excluding hydrogens is 458 g/mol. The maximum Gasteiger partial charge on any atom is 0.530 e. The molecule has 0 saturated carbocycles.